The summed E-state index contributed by atoms with van der Waals surface area (Å²) in [5.74, 6) is 2.06. The number of amides is 1. The van der Waals surface area contributed by atoms with Gasteiger partial charge in [0.25, 0.3) is 0 Å². The third-order valence-corrected chi connectivity index (χ3v) is 6.68. The number of hydrogen-bond donors (Lipinski definition) is 2. The topological polar surface area (TPSA) is 95.1 Å². The number of aromatic nitrogens is 3. The minimum Gasteiger partial charge on any atom is -0.384 e. The second-order valence-corrected chi connectivity index (χ2v) is 8.99. The van der Waals surface area contributed by atoms with Gasteiger partial charge in [0.05, 0.1) is 17.6 Å². The van der Waals surface area contributed by atoms with Crippen molar-refractivity contribution in [1.82, 2.24) is 19.9 Å². The molecular weight excluding hydrogens is 426 g/mol. The third kappa shape index (κ3) is 4.48. The molecule has 0 bridgehead atoms. The van der Waals surface area contributed by atoms with E-state index in [1.54, 1.807) is 7.11 Å². The zero-order valence-corrected chi connectivity index (χ0v) is 19.5. The second kappa shape index (κ2) is 9.81. The molecular formula is C27H31N5O2. The number of rotatable bonds is 10. The first kappa shape index (κ1) is 22.3. The average Bonchev–Trinajstić information content (AvgIpc) is 3.58. The molecule has 0 spiro atoms. The number of para-hydroxylation sites is 1. The lowest BCUT2D eigenvalue weighted by molar-refractivity contribution is -0.122. The van der Waals surface area contributed by atoms with Crippen LogP contribution in [-0.2, 0) is 22.5 Å². The molecule has 7 nitrogen and oxygen atoms in total. The molecule has 1 aliphatic carbocycles. The van der Waals surface area contributed by atoms with Gasteiger partial charge in [-0.1, -0.05) is 48.5 Å². The first-order chi connectivity index (χ1) is 16.7. The number of carbonyl (C=O) groups excluding carboxylic acids is 1. The summed E-state index contributed by atoms with van der Waals surface area (Å²) in [6.07, 6.45) is 3.48. The fourth-order valence-electron chi connectivity index (χ4n) is 4.82. The third-order valence-electron chi connectivity index (χ3n) is 6.68. The maximum absolute atomic E-state index is 12.6. The number of aryl methyl sites for hydroxylation is 1. The van der Waals surface area contributed by atoms with Gasteiger partial charge < -0.3 is 20.4 Å². The van der Waals surface area contributed by atoms with Gasteiger partial charge in [-0.15, -0.1) is 0 Å². The molecule has 1 saturated carbocycles. The molecule has 5 rings (SSSR count). The number of anilines is 1. The van der Waals surface area contributed by atoms with E-state index >= 15 is 0 Å². The highest BCUT2D eigenvalue weighted by atomic mass is 16.5. The number of methoxy groups -OCH3 is 1. The molecule has 4 aromatic rings. The quantitative estimate of drug-likeness (QED) is 0.350. The Bertz CT molecular complexity index is 1300. The number of unbranched alkanes of at least 4 members (excludes halogenated alkanes) is 1. The zero-order chi connectivity index (χ0) is 23.5. The minimum absolute atomic E-state index is 0.113. The van der Waals surface area contributed by atoms with E-state index in [4.69, 9.17) is 15.5 Å². The van der Waals surface area contributed by atoms with E-state index in [1.165, 1.54) is 5.56 Å². The lowest BCUT2D eigenvalue weighted by Gasteiger charge is -2.11. The fraction of sp³-hybridized carbons (Fsp3) is 0.370. The van der Waals surface area contributed by atoms with E-state index in [0.717, 1.165) is 53.6 Å². The van der Waals surface area contributed by atoms with E-state index in [-0.39, 0.29) is 11.8 Å². The van der Waals surface area contributed by atoms with Crippen molar-refractivity contribution < 1.29 is 9.53 Å². The van der Waals surface area contributed by atoms with Gasteiger partial charge in [0.1, 0.15) is 11.3 Å². The highest BCUT2D eigenvalue weighted by Gasteiger charge is 2.43. The summed E-state index contributed by atoms with van der Waals surface area (Å²) in [5, 5.41) is 4.19. The molecule has 0 saturated heterocycles. The Kier molecular flexibility index (Phi) is 6.45. The molecule has 2 atom stereocenters. The van der Waals surface area contributed by atoms with Crippen LogP contribution in [0, 0.1) is 5.92 Å². The molecule has 0 aliphatic heterocycles. The van der Waals surface area contributed by atoms with Crippen molar-refractivity contribution in [2.75, 3.05) is 26.0 Å². The van der Waals surface area contributed by atoms with Gasteiger partial charge >= 0.3 is 0 Å². The molecule has 2 aromatic carbocycles. The number of nitrogens with zero attached hydrogens (tertiary/aromatic N) is 3. The molecule has 34 heavy (non-hydrogen) atoms. The Hall–Kier alpha value is -3.45. The summed E-state index contributed by atoms with van der Waals surface area (Å²) in [6.45, 7) is 2.07. The van der Waals surface area contributed by atoms with Crippen molar-refractivity contribution in [3.8, 4) is 0 Å². The largest absolute Gasteiger partial charge is 0.384 e. The molecule has 0 radical (unpaired) electrons. The highest BCUT2D eigenvalue weighted by Crippen LogP contribution is 2.47. The Morgan fingerprint density at radius 1 is 1.12 bits per heavy atom. The molecule has 1 aliphatic rings. The highest BCUT2D eigenvalue weighted by molar-refractivity contribution is 6.06. The SMILES string of the molecule is COCCc1nc2c(N)nc3ccccc3c2n1CCCCNC(=O)[C@@H]1C[C@H]1c1ccccc1. The van der Waals surface area contributed by atoms with Crippen LogP contribution in [0.25, 0.3) is 21.9 Å². The maximum atomic E-state index is 12.6. The van der Waals surface area contributed by atoms with Crippen molar-refractivity contribution in [1.29, 1.82) is 0 Å². The van der Waals surface area contributed by atoms with E-state index in [1.807, 2.05) is 36.4 Å². The molecule has 2 aromatic heterocycles. The number of pyridine rings is 1. The molecule has 7 heteroatoms. The van der Waals surface area contributed by atoms with Gasteiger partial charge in [-0.3, -0.25) is 4.79 Å². The number of nitrogens with two attached hydrogens (primary N) is 1. The number of fused-ring (bicyclic) bond motifs is 3. The number of carbonyl (C=O) groups is 1. The van der Waals surface area contributed by atoms with Crippen LogP contribution in [0.2, 0.25) is 0 Å². The number of benzene rings is 2. The number of nitrogens with one attached hydrogen (secondary N) is 1. The molecule has 3 N–H and O–H groups in total. The maximum Gasteiger partial charge on any atom is 0.223 e. The lowest BCUT2D eigenvalue weighted by Crippen LogP contribution is -2.26. The second-order valence-electron chi connectivity index (χ2n) is 8.99. The van der Waals surface area contributed by atoms with Gasteiger partial charge in [0.2, 0.25) is 5.91 Å². The first-order valence-electron chi connectivity index (χ1n) is 12.0. The fourth-order valence-corrected chi connectivity index (χ4v) is 4.82. The number of imidazole rings is 1. The summed E-state index contributed by atoms with van der Waals surface area (Å²) < 4.78 is 7.56. The van der Waals surface area contributed by atoms with Crippen LogP contribution in [0.1, 0.15) is 36.6 Å². The Balaban J connectivity index is 1.23. The van der Waals surface area contributed by atoms with Gasteiger partial charge in [-0.05, 0) is 36.8 Å². The monoisotopic (exact) mass is 457 g/mol. The van der Waals surface area contributed by atoms with Crippen molar-refractivity contribution in [3.63, 3.8) is 0 Å². The van der Waals surface area contributed by atoms with Crippen molar-refractivity contribution in [2.45, 2.75) is 38.1 Å². The first-order valence-corrected chi connectivity index (χ1v) is 12.0. The number of nitrogen functional groups attached to an aromatic ring is 1. The van der Waals surface area contributed by atoms with E-state index in [9.17, 15) is 4.79 Å². The molecule has 0 unspecified atom stereocenters. The normalized spacial score (nSPS) is 17.3. The van der Waals surface area contributed by atoms with Crippen LogP contribution >= 0.6 is 0 Å². The Labute approximate surface area is 199 Å². The van der Waals surface area contributed by atoms with Crippen molar-refractivity contribution in [2.24, 2.45) is 5.92 Å². The van der Waals surface area contributed by atoms with Gasteiger partial charge in [0, 0.05) is 37.9 Å². The Morgan fingerprint density at radius 2 is 1.91 bits per heavy atom. The van der Waals surface area contributed by atoms with Crippen molar-refractivity contribution in [3.05, 3.63) is 66.0 Å². The van der Waals surface area contributed by atoms with Crippen molar-refractivity contribution >= 4 is 33.7 Å². The number of ether oxygens (including phenoxy) is 1. The summed E-state index contributed by atoms with van der Waals surface area (Å²) in [6, 6.07) is 18.3. The predicted molar refractivity (Wildman–Crippen MR) is 135 cm³/mol. The Morgan fingerprint density at radius 3 is 2.74 bits per heavy atom. The zero-order valence-electron chi connectivity index (χ0n) is 19.5. The molecule has 1 fully saturated rings. The van der Waals surface area contributed by atoms with E-state index in [2.05, 4.69) is 33.1 Å². The number of hydrogen-bond acceptors (Lipinski definition) is 5. The van der Waals surface area contributed by atoms with Crippen LogP contribution < -0.4 is 11.1 Å². The van der Waals surface area contributed by atoms with Crippen LogP contribution in [0.3, 0.4) is 0 Å². The predicted octanol–water partition coefficient (Wildman–Crippen LogP) is 4.06. The van der Waals surface area contributed by atoms with Crippen LogP contribution in [0.5, 0.6) is 0 Å². The molecule has 176 valence electrons. The smallest absolute Gasteiger partial charge is 0.223 e. The van der Waals surface area contributed by atoms with Gasteiger partial charge in [-0.2, -0.15) is 0 Å². The van der Waals surface area contributed by atoms with E-state index in [0.29, 0.717) is 31.3 Å². The molecule has 2 heterocycles. The summed E-state index contributed by atoms with van der Waals surface area (Å²) in [7, 11) is 1.70. The van der Waals surface area contributed by atoms with Crippen LogP contribution in [0.4, 0.5) is 5.82 Å². The van der Waals surface area contributed by atoms with Crippen LogP contribution in [0.15, 0.2) is 54.6 Å². The van der Waals surface area contributed by atoms with Crippen LogP contribution in [-0.4, -0.2) is 40.7 Å². The summed E-state index contributed by atoms with van der Waals surface area (Å²) >= 11 is 0. The standard InChI is InChI=1S/C27H31N5O2/c1-34-16-13-23-31-24-25(19-11-5-6-12-22(19)30-26(24)28)32(23)15-8-7-14-29-27(33)21-17-20(21)18-9-3-2-4-10-18/h2-6,9-12,20-21H,7-8,13-17H2,1H3,(H2,28,30)(H,29,33)/t20-,21+/m0/s1. The summed E-state index contributed by atoms with van der Waals surface area (Å²) in [4.78, 5) is 21.9. The van der Waals surface area contributed by atoms with Gasteiger partial charge in [0.15, 0.2) is 5.82 Å². The lowest BCUT2D eigenvalue weighted by atomic mass is 10.1. The average molecular weight is 458 g/mol. The summed E-state index contributed by atoms with van der Waals surface area (Å²) in [5.41, 5.74) is 10.2. The van der Waals surface area contributed by atoms with Gasteiger partial charge in [-0.25, -0.2) is 9.97 Å². The molecule has 1 amide bonds. The minimum atomic E-state index is 0.113. The van der Waals surface area contributed by atoms with E-state index < -0.39 is 0 Å².